The normalized spacial score (nSPS) is 10.6. The fraction of sp³-hybridized carbons (Fsp3) is 0.176. The van der Waals surface area contributed by atoms with E-state index in [9.17, 15) is 4.79 Å². The summed E-state index contributed by atoms with van der Waals surface area (Å²) in [5.74, 6) is 1.32. The van der Waals surface area contributed by atoms with E-state index in [4.69, 9.17) is 19.0 Å². The molecule has 0 fully saturated rings. The van der Waals surface area contributed by atoms with Gasteiger partial charge in [0.05, 0.1) is 25.7 Å². The number of hydrogen-bond donors (Lipinski definition) is 1. The molecule has 0 unspecified atom stereocenters. The van der Waals surface area contributed by atoms with Crippen LogP contribution in [0.25, 0.3) is 11.3 Å². The van der Waals surface area contributed by atoms with E-state index in [0.29, 0.717) is 23.0 Å². The molecule has 0 aliphatic heterocycles. The highest BCUT2D eigenvalue weighted by molar-refractivity contribution is 8.00. The molecule has 0 bridgehead atoms. The van der Waals surface area contributed by atoms with Crippen LogP contribution in [0.3, 0.4) is 0 Å². The number of aromatic nitrogens is 1. The third-order valence-electron chi connectivity index (χ3n) is 3.37. The number of furan rings is 1. The molecule has 2 aromatic heterocycles. The second-order valence-corrected chi connectivity index (χ2v) is 7.01. The molecule has 0 spiro atoms. The van der Waals surface area contributed by atoms with Gasteiger partial charge < -0.3 is 19.0 Å². The van der Waals surface area contributed by atoms with Gasteiger partial charge in [0, 0.05) is 10.9 Å². The number of ether oxygens (including phenoxy) is 2. The number of carboxylic acid groups (broad SMARTS) is 1. The van der Waals surface area contributed by atoms with E-state index in [-0.39, 0.29) is 5.76 Å². The topological polar surface area (TPSA) is 81.8 Å². The molecule has 0 aliphatic rings. The van der Waals surface area contributed by atoms with Crippen molar-refractivity contribution in [1.29, 1.82) is 0 Å². The van der Waals surface area contributed by atoms with Crippen LogP contribution >= 0.6 is 23.1 Å². The number of rotatable bonds is 7. The van der Waals surface area contributed by atoms with E-state index in [1.807, 2.05) is 23.6 Å². The number of methoxy groups -OCH3 is 2. The summed E-state index contributed by atoms with van der Waals surface area (Å²) < 4.78 is 16.7. The smallest absolute Gasteiger partial charge is 0.371 e. The highest BCUT2D eigenvalue weighted by atomic mass is 32.2. The van der Waals surface area contributed by atoms with Gasteiger partial charge in [-0.25, -0.2) is 9.78 Å². The SMILES string of the molecule is COc1ccc(-c2csc(SCc3ccc(C(=O)O)o3)n2)cc1OC. The fourth-order valence-corrected chi connectivity index (χ4v) is 3.88. The first-order chi connectivity index (χ1) is 12.1. The van der Waals surface area contributed by atoms with E-state index in [0.717, 1.165) is 15.6 Å². The van der Waals surface area contributed by atoms with Gasteiger partial charge in [-0.3, -0.25) is 0 Å². The number of carbonyl (C=O) groups is 1. The molecule has 2 heterocycles. The minimum Gasteiger partial charge on any atom is -0.493 e. The van der Waals surface area contributed by atoms with Crippen molar-refractivity contribution in [3.05, 3.63) is 47.2 Å². The van der Waals surface area contributed by atoms with E-state index >= 15 is 0 Å². The Morgan fingerprint density at radius 3 is 2.72 bits per heavy atom. The lowest BCUT2D eigenvalue weighted by Gasteiger charge is -2.08. The number of thiazole rings is 1. The minimum atomic E-state index is -1.07. The van der Waals surface area contributed by atoms with Crippen molar-refractivity contribution in [2.45, 2.75) is 10.1 Å². The number of nitrogens with zero attached hydrogens (tertiary/aromatic N) is 1. The molecule has 3 aromatic rings. The summed E-state index contributed by atoms with van der Waals surface area (Å²) in [6.45, 7) is 0. The number of thioether (sulfide) groups is 1. The third kappa shape index (κ3) is 3.97. The highest BCUT2D eigenvalue weighted by Gasteiger charge is 2.12. The summed E-state index contributed by atoms with van der Waals surface area (Å²) in [4.78, 5) is 15.4. The Labute approximate surface area is 152 Å². The Morgan fingerprint density at radius 1 is 1.24 bits per heavy atom. The first-order valence-electron chi connectivity index (χ1n) is 7.23. The van der Waals surface area contributed by atoms with Crippen LogP contribution in [-0.2, 0) is 5.75 Å². The largest absolute Gasteiger partial charge is 0.493 e. The molecular formula is C17H15NO5S2. The van der Waals surface area contributed by atoms with Crippen molar-refractivity contribution in [3.63, 3.8) is 0 Å². The van der Waals surface area contributed by atoms with Gasteiger partial charge in [-0.05, 0) is 30.3 Å². The average Bonchev–Trinajstić information content (AvgIpc) is 3.28. The van der Waals surface area contributed by atoms with Crippen molar-refractivity contribution >= 4 is 29.1 Å². The molecule has 0 amide bonds. The Bertz CT molecular complexity index is 887. The molecule has 0 atom stereocenters. The van der Waals surface area contributed by atoms with Gasteiger partial charge in [-0.2, -0.15) is 0 Å². The molecule has 1 aromatic carbocycles. The number of benzene rings is 1. The van der Waals surface area contributed by atoms with Crippen LogP contribution in [-0.4, -0.2) is 30.3 Å². The molecule has 25 heavy (non-hydrogen) atoms. The van der Waals surface area contributed by atoms with Crippen LogP contribution in [0.15, 0.2) is 44.5 Å². The van der Waals surface area contributed by atoms with Gasteiger partial charge in [0.25, 0.3) is 0 Å². The fourth-order valence-electron chi connectivity index (χ4n) is 2.16. The number of hydrogen-bond acceptors (Lipinski definition) is 7. The zero-order chi connectivity index (χ0) is 17.8. The van der Waals surface area contributed by atoms with Crippen LogP contribution in [0.2, 0.25) is 0 Å². The van der Waals surface area contributed by atoms with Crippen LogP contribution in [0, 0.1) is 0 Å². The summed E-state index contributed by atoms with van der Waals surface area (Å²) in [6, 6.07) is 8.77. The molecule has 0 saturated heterocycles. The van der Waals surface area contributed by atoms with Crippen LogP contribution in [0.4, 0.5) is 0 Å². The quantitative estimate of drug-likeness (QED) is 0.611. The maximum atomic E-state index is 10.8. The van der Waals surface area contributed by atoms with Crippen molar-refractivity contribution in [3.8, 4) is 22.8 Å². The third-order valence-corrected chi connectivity index (χ3v) is 5.42. The molecule has 1 N–H and O–H groups in total. The first-order valence-corrected chi connectivity index (χ1v) is 9.10. The van der Waals surface area contributed by atoms with Gasteiger partial charge >= 0.3 is 5.97 Å². The first kappa shape index (κ1) is 17.4. The Balaban J connectivity index is 1.70. The Hall–Kier alpha value is -2.45. The molecule has 3 rings (SSSR count). The van der Waals surface area contributed by atoms with Gasteiger partial charge in [0.15, 0.2) is 15.8 Å². The molecule has 8 heteroatoms. The van der Waals surface area contributed by atoms with Crippen LogP contribution in [0.5, 0.6) is 11.5 Å². The Kier molecular flexibility index (Phi) is 5.30. The van der Waals surface area contributed by atoms with E-state index in [1.165, 1.54) is 29.2 Å². The summed E-state index contributed by atoms with van der Waals surface area (Å²) in [6.07, 6.45) is 0. The minimum absolute atomic E-state index is 0.0549. The zero-order valence-electron chi connectivity index (χ0n) is 13.5. The number of carboxylic acids is 1. The van der Waals surface area contributed by atoms with Crippen molar-refractivity contribution < 1.29 is 23.8 Å². The molecule has 0 radical (unpaired) electrons. The maximum Gasteiger partial charge on any atom is 0.371 e. The lowest BCUT2D eigenvalue weighted by Crippen LogP contribution is -1.91. The predicted molar refractivity (Wildman–Crippen MR) is 95.9 cm³/mol. The lowest BCUT2D eigenvalue weighted by atomic mass is 10.1. The van der Waals surface area contributed by atoms with Crippen LogP contribution in [0.1, 0.15) is 16.3 Å². The van der Waals surface area contributed by atoms with Crippen molar-refractivity contribution in [2.75, 3.05) is 14.2 Å². The standard InChI is InChI=1S/C17H15NO5S2/c1-21-13-5-3-10(7-15(13)22-2)12-9-25-17(18-12)24-8-11-4-6-14(23-11)16(19)20/h3-7,9H,8H2,1-2H3,(H,19,20). The lowest BCUT2D eigenvalue weighted by molar-refractivity contribution is 0.0661. The van der Waals surface area contributed by atoms with Gasteiger partial charge in [-0.15, -0.1) is 11.3 Å². The molecule has 130 valence electrons. The maximum absolute atomic E-state index is 10.8. The summed E-state index contributed by atoms with van der Waals surface area (Å²) in [5.41, 5.74) is 1.78. The molecule has 6 nitrogen and oxygen atoms in total. The van der Waals surface area contributed by atoms with Crippen molar-refractivity contribution in [1.82, 2.24) is 4.98 Å². The highest BCUT2D eigenvalue weighted by Crippen LogP contribution is 2.35. The Morgan fingerprint density at radius 2 is 2.04 bits per heavy atom. The summed E-state index contributed by atoms with van der Waals surface area (Å²) in [7, 11) is 3.19. The van der Waals surface area contributed by atoms with Crippen molar-refractivity contribution in [2.24, 2.45) is 0 Å². The van der Waals surface area contributed by atoms with E-state index < -0.39 is 5.97 Å². The van der Waals surface area contributed by atoms with Gasteiger partial charge in [0.1, 0.15) is 5.76 Å². The average molecular weight is 377 g/mol. The second-order valence-electron chi connectivity index (χ2n) is 4.93. The van der Waals surface area contributed by atoms with Crippen LogP contribution < -0.4 is 9.47 Å². The zero-order valence-corrected chi connectivity index (χ0v) is 15.1. The molecular weight excluding hydrogens is 362 g/mol. The van der Waals surface area contributed by atoms with Gasteiger partial charge in [0.2, 0.25) is 5.76 Å². The molecule has 0 saturated carbocycles. The number of aromatic carboxylic acids is 1. The monoisotopic (exact) mass is 377 g/mol. The second kappa shape index (κ2) is 7.62. The molecule has 0 aliphatic carbocycles. The predicted octanol–water partition coefficient (Wildman–Crippen LogP) is 4.41. The van der Waals surface area contributed by atoms with E-state index in [2.05, 4.69) is 4.98 Å². The van der Waals surface area contributed by atoms with Gasteiger partial charge in [-0.1, -0.05) is 11.8 Å². The summed E-state index contributed by atoms with van der Waals surface area (Å²) >= 11 is 3.02. The summed E-state index contributed by atoms with van der Waals surface area (Å²) in [5, 5.41) is 10.8. The van der Waals surface area contributed by atoms with E-state index in [1.54, 1.807) is 20.3 Å².